The Hall–Kier alpha value is 0.177. The van der Waals surface area contributed by atoms with E-state index >= 15 is 0 Å². The van der Waals surface area contributed by atoms with Crippen LogP contribution in [0.1, 0.15) is 13.8 Å². The summed E-state index contributed by atoms with van der Waals surface area (Å²) in [5, 5.41) is 0. The lowest BCUT2D eigenvalue weighted by atomic mass is 10.6. The molecule has 0 saturated carbocycles. The molecule has 0 radical (unpaired) electrons. The van der Waals surface area contributed by atoms with Crippen LogP contribution in [-0.4, -0.2) is 35.1 Å². The van der Waals surface area contributed by atoms with Crippen LogP contribution in [-0.2, 0) is 0 Å². The molecule has 0 unspecified atom stereocenters. The maximum atomic E-state index is 2.34. The molecule has 0 aliphatic rings. The molecule has 2 heteroatoms. The number of hydrogen-bond acceptors (Lipinski definition) is 1. The van der Waals surface area contributed by atoms with Crippen LogP contribution in [0, 0.1) is 0 Å². The van der Waals surface area contributed by atoms with Gasteiger partial charge in [-0.05, 0) is 26.7 Å². The van der Waals surface area contributed by atoms with Crippen molar-refractivity contribution in [2.24, 2.45) is 0 Å². The molecule has 0 spiro atoms. The molecule has 56 valence electrons. The summed E-state index contributed by atoms with van der Waals surface area (Å²) in [6.07, 6.45) is 0. The Kier molecular flexibility index (Phi) is 5.10. The summed E-state index contributed by atoms with van der Waals surface area (Å²) < 4.78 is 0. The molecule has 0 heterocycles. The Morgan fingerprint density at radius 3 is 2.22 bits per heavy atom. The van der Waals surface area contributed by atoms with Gasteiger partial charge in [-0.15, -0.1) is 0 Å². The fourth-order valence-corrected chi connectivity index (χ4v) is 2.45. The van der Waals surface area contributed by atoms with Crippen LogP contribution in [0.3, 0.4) is 0 Å². The first-order chi connectivity index (χ1) is 4.13. The zero-order valence-electron chi connectivity index (χ0n) is 7.15. The van der Waals surface area contributed by atoms with Crippen LogP contribution in [0.2, 0.25) is 11.6 Å². The summed E-state index contributed by atoms with van der Waals surface area (Å²) in [5.74, 6) is 0. The molecule has 0 aromatic carbocycles. The third-order valence-electron chi connectivity index (χ3n) is 1.39. The summed E-state index contributed by atoms with van der Waals surface area (Å²) in [6.45, 7) is 5.97. The van der Waals surface area contributed by atoms with Crippen LogP contribution in [0.5, 0.6) is 0 Å². The summed E-state index contributed by atoms with van der Waals surface area (Å²) in [5.41, 5.74) is 1.00. The molecule has 9 heavy (non-hydrogen) atoms. The predicted molar refractivity (Wildman–Crippen MR) is 47.0 cm³/mol. The van der Waals surface area contributed by atoms with E-state index in [9.17, 15) is 0 Å². The fourth-order valence-electron chi connectivity index (χ4n) is 0.816. The van der Waals surface area contributed by atoms with Gasteiger partial charge in [-0.3, -0.25) is 0 Å². The normalized spacial score (nSPS) is 12.7. The maximum Gasteiger partial charge on any atom is 0.0239 e. The minimum Gasteiger partial charge on any atom is -0.310 e. The lowest BCUT2D eigenvalue weighted by Gasteiger charge is -2.09. The first kappa shape index (κ1) is 9.18. The van der Waals surface area contributed by atoms with Crippen LogP contribution >= 0.6 is 0 Å². The van der Waals surface area contributed by atoms with Gasteiger partial charge in [0.15, 0.2) is 0 Å². The van der Waals surface area contributed by atoms with Crippen molar-refractivity contribution in [1.29, 1.82) is 0 Å². The van der Waals surface area contributed by atoms with E-state index in [0.29, 0.717) is 0 Å². The van der Waals surface area contributed by atoms with Gasteiger partial charge in [0.25, 0.3) is 0 Å². The van der Waals surface area contributed by atoms with Gasteiger partial charge >= 0.3 is 0 Å². The predicted octanol–water partition coefficient (Wildman–Crippen LogP) is 0.963. The van der Waals surface area contributed by atoms with E-state index in [1.807, 2.05) is 0 Å². The van der Waals surface area contributed by atoms with Gasteiger partial charge in [0.05, 0.1) is 0 Å². The Labute approximate surface area is 61.3 Å². The number of rotatable bonds is 4. The molecule has 1 nitrogen and oxygen atoms in total. The second-order valence-electron chi connectivity index (χ2n) is 3.34. The van der Waals surface area contributed by atoms with Crippen molar-refractivity contribution in [3.63, 3.8) is 0 Å². The van der Waals surface area contributed by atoms with E-state index in [4.69, 9.17) is 0 Å². The van der Waals surface area contributed by atoms with Crippen molar-refractivity contribution >= 4 is 9.52 Å². The fraction of sp³-hybridized carbons (Fsp3) is 1.00. The molecule has 0 rings (SSSR count). The average Bonchev–Trinajstić information content (AvgIpc) is 1.63. The Morgan fingerprint density at radius 2 is 1.89 bits per heavy atom. The molecular weight excluding hydrogens is 126 g/mol. The Morgan fingerprint density at radius 1 is 1.33 bits per heavy atom. The second-order valence-corrected chi connectivity index (χ2v) is 6.26. The average molecular weight is 145 g/mol. The molecule has 0 atom stereocenters. The van der Waals surface area contributed by atoms with Gasteiger partial charge < -0.3 is 4.90 Å². The van der Waals surface area contributed by atoms with E-state index < -0.39 is 0 Å². The zero-order chi connectivity index (χ0) is 7.28. The summed E-state index contributed by atoms with van der Waals surface area (Å²) >= 11 is 0. The molecule has 0 amide bonds. The van der Waals surface area contributed by atoms with Crippen molar-refractivity contribution in [2.75, 3.05) is 20.6 Å². The highest BCUT2D eigenvalue weighted by atomic mass is 28.2. The Balaban J connectivity index is 2.91. The van der Waals surface area contributed by atoms with Gasteiger partial charge in [0.2, 0.25) is 0 Å². The lowest BCUT2D eigenvalue weighted by molar-refractivity contribution is 0.432. The summed E-state index contributed by atoms with van der Waals surface area (Å²) in [6, 6.07) is 1.48. The van der Waals surface area contributed by atoms with E-state index in [0.717, 1.165) is 5.54 Å². The SMILES string of the molecule is CC(C)[SiH2]CCN(C)C. The van der Waals surface area contributed by atoms with Crippen molar-refractivity contribution in [3.05, 3.63) is 0 Å². The Bertz CT molecular complexity index is 53.9. The third kappa shape index (κ3) is 8.18. The van der Waals surface area contributed by atoms with E-state index in [2.05, 4.69) is 32.8 Å². The highest BCUT2D eigenvalue weighted by Crippen LogP contribution is 1.99. The molecule has 0 saturated heterocycles. The van der Waals surface area contributed by atoms with Crippen molar-refractivity contribution in [3.8, 4) is 0 Å². The maximum absolute atomic E-state index is 2.34. The molecule has 0 fully saturated rings. The standard InChI is InChI=1S/C7H19NSi/c1-7(2)9-6-5-8(3)4/h7H,5-6,9H2,1-4H3. The second kappa shape index (κ2) is 5.00. The molecule has 0 aromatic heterocycles. The zero-order valence-corrected chi connectivity index (χ0v) is 8.56. The van der Waals surface area contributed by atoms with Crippen molar-refractivity contribution in [1.82, 2.24) is 4.90 Å². The smallest absolute Gasteiger partial charge is 0.0239 e. The molecule has 0 bridgehead atoms. The minimum atomic E-state index is 0.262. The van der Waals surface area contributed by atoms with E-state index in [1.165, 1.54) is 12.6 Å². The molecular formula is C7H19NSi. The number of hydrogen-bond donors (Lipinski definition) is 0. The number of nitrogens with zero attached hydrogens (tertiary/aromatic N) is 1. The summed E-state index contributed by atoms with van der Waals surface area (Å²) in [4.78, 5) is 2.27. The monoisotopic (exact) mass is 145 g/mol. The first-order valence-electron chi connectivity index (χ1n) is 3.77. The van der Waals surface area contributed by atoms with Crippen LogP contribution in [0.15, 0.2) is 0 Å². The van der Waals surface area contributed by atoms with Gasteiger partial charge in [0.1, 0.15) is 0 Å². The van der Waals surface area contributed by atoms with E-state index in [-0.39, 0.29) is 9.52 Å². The van der Waals surface area contributed by atoms with E-state index in [1.54, 1.807) is 0 Å². The topological polar surface area (TPSA) is 3.24 Å². The first-order valence-corrected chi connectivity index (χ1v) is 5.59. The van der Waals surface area contributed by atoms with Crippen molar-refractivity contribution in [2.45, 2.75) is 25.4 Å². The highest BCUT2D eigenvalue weighted by Gasteiger charge is 1.94. The molecule has 0 N–H and O–H groups in total. The molecule has 0 aliphatic carbocycles. The van der Waals surface area contributed by atoms with Gasteiger partial charge in [-0.2, -0.15) is 0 Å². The largest absolute Gasteiger partial charge is 0.310 e. The lowest BCUT2D eigenvalue weighted by Crippen LogP contribution is -2.15. The van der Waals surface area contributed by atoms with Crippen LogP contribution < -0.4 is 0 Å². The molecule has 0 aliphatic heterocycles. The molecule has 0 aromatic rings. The third-order valence-corrected chi connectivity index (χ3v) is 3.27. The van der Waals surface area contributed by atoms with Gasteiger partial charge in [-0.1, -0.05) is 19.4 Å². The van der Waals surface area contributed by atoms with Crippen LogP contribution in [0.25, 0.3) is 0 Å². The minimum absolute atomic E-state index is 0.262. The van der Waals surface area contributed by atoms with Gasteiger partial charge in [0, 0.05) is 9.52 Å². The van der Waals surface area contributed by atoms with Gasteiger partial charge in [-0.25, -0.2) is 0 Å². The summed E-state index contributed by atoms with van der Waals surface area (Å²) in [7, 11) is 4.56. The quantitative estimate of drug-likeness (QED) is 0.533. The highest BCUT2D eigenvalue weighted by molar-refractivity contribution is 6.37. The van der Waals surface area contributed by atoms with Crippen LogP contribution in [0.4, 0.5) is 0 Å². The van der Waals surface area contributed by atoms with Crippen molar-refractivity contribution < 1.29 is 0 Å².